The van der Waals surface area contributed by atoms with Crippen LogP contribution in [0.2, 0.25) is 0 Å². The van der Waals surface area contributed by atoms with Gasteiger partial charge in [-0.1, -0.05) is 18.2 Å². The van der Waals surface area contributed by atoms with Crippen molar-refractivity contribution in [2.24, 2.45) is 0 Å². The van der Waals surface area contributed by atoms with Gasteiger partial charge in [0.25, 0.3) is 5.69 Å². The lowest BCUT2D eigenvalue weighted by Crippen LogP contribution is -2.09. The van der Waals surface area contributed by atoms with Gasteiger partial charge in [-0.25, -0.2) is 0 Å². The van der Waals surface area contributed by atoms with Gasteiger partial charge in [-0.15, -0.1) is 0 Å². The van der Waals surface area contributed by atoms with Gasteiger partial charge in [-0.2, -0.15) is 26.3 Å². The normalized spacial score (nSPS) is 12.3. The Kier molecular flexibility index (Phi) is 4.06. The molecule has 0 radical (unpaired) electrons. The Balaban J connectivity index is 2.49. The van der Waals surface area contributed by atoms with Crippen molar-refractivity contribution < 1.29 is 31.3 Å². The molecule has 2 aromatic rings. The third-order valence-electron chi connectivity index (χ3n) is 3.05. The Bertz CT molecular complexity index is 734. The summed E-state index contributed by atoms with van der Waals surface area (Å²) in [4.78, 5) is 9.61. The smallest absolute Gasteiger partial charge is 0.258 e. The fourth-order valence-corrected chi connectivity index (χ4v) is 1.95. The van der Waals surface area contributed by atoms with Gasteiger partial charge >= 0.3 is 12.4 Å². The van der Waals surface area contributed by atoms with Crippen LogP contribution in [-0.4, -0.2) is 4.92 Å². The van der Waals surface area contributed by atoms with Gasteiger partial charge < -0.3 is 0 Å². The maximum Gasteiger partial charge on any atom is 0.422 e. The molecule has 0 aliphatic rings. The van der Waals surface area contributed by atoms with E-state index >= 15 is 0 Å². The molecule has 0 saturated heterocycles. The van der Waals surface area contributed by atoms with Gasteiger partial charge in [0.1, 0.15) is 5.56 Å². The van der Waals surface area contributed by atoms with Crippen LogP contribution in [0.3, 0.4) is 0 Å². The zero-order valence-electron chi connectivity index (χ0n) is 11.1. The molecule has 0 amide bonds. The predicted molar refractivity (Wildman–Crippen MR) is 68.5 cm³/mol. The second-order valence-electron chi connectivity index (χ2n) is 4.56. The Hall–Kier alpha value is -2.58. The van der Waals surface area contributed by atoms with E-state index in [2.05, 4.69) is 0 Å². The van der Waals surface area contributed by atoms with Gasteiger partial charge in [0.2, 0.25) is 0 Å². The molecule has 0 aliphatic carbocycles. The first-order valence-corrected chi connectivity index (χ1v) is 6.03. The summed E-state index contributed by atoms with van der Waals surface area (Å²) in [6, 6.07) is 5.76. The molecule has 3 nitrogen and oxygen atoms in total. The van der Waals surface area contributed by atoms with E-state index in [-0.39, 0.29) is 11.1 Å². The van der Waals surface area contributed by atoms with Crippen molar-refractivity contribution >= 4 is 5.69 Å². The minimum Gasteiger partial charge on any atom is -0.258 e. The summed E-state index contributed by atoms with van der Waals surface area (Å²) in [7, 11) is 0. The molecule has 0 spiro atoms. The first kappa shape index (κ1) is 16.8. The van der Waals surface area contributed by atoms with Crippen LogP contribution >= 0.6 is 0 Å². The number of hydrogen-bond donors (Lipinski definition) is 0. The summed E-state index contributed by atoms with van der Waals surface area (Å²) in [5, 5.41) is 10.8. The van der Waals surface area contributed by atoms with Crippen molar-refractivity contribution in [2.75, 3.05) is 0 Å². The number of benzene rings is 2. The summed E-state index contributed by atoms with van der Waals surface area (Å²) in [5.74, 6) is 0. The number of nitro groups is 1. The molecule has 9 heteroatoms. The van der Waals surface area contributed by atoms with Crippen LogP contribution in [0.15, 0.2) is 42.5 Å². The fraction of sp³-hybridized carbons (Fsp3) is 0.143. The lowest BCUT2D eigenvalue weighted by molar-refractivity contribution is -0.388. The molecule has 0 N–H and O–H groups in total. The van der Waals surface area contributed by atoms with Crippen LogP contribution in [0.25, 0.3) is 11.1 Å². The highest BCUT2D eigenvalue weighted by atomic mass is 19.4. The summed E-state index contributed by atoms with van der Waals surface area (Å²) >= 11 is 0. The zero-order valence-corrected chi connectivity index (χ0v) is 11.1. The Labute approximate surface area is 125 Å². The third kappa shape index (κ3) is 3.61. The zero-order chi connectivity index (χ0) is 17.4. The second kappa shape index (κ2) is 5.56. The highest BCUT2D eigenvalue weighted by Crippen LogP contribution is 2.38. The second-order valence-corrected chi connectivity index (χ2v) is 4.56. The molecule has 2 aromatic carbocycles. The van der Waals surface area contributed by atoms with Crippen LogP contribution in [0.4, 0.5) is 32.0 Å². The first-order valence-electron chi connectivity index (χ1n) is 6.03. The van der Waals surface area contributed by atoms with Gasteiger partial charge in [-0.3, -0.25) is 10.1 Å². The van der Waals surface area contributed by atoms with E-state index < -0.39 is 34.1 Å². The first-order chi connectivity index (χ1) is 10.5. The SMILES string of the molecule is O=[N+]([O-])c1cc(-c2ccc(C(F)(F)F)cc2)ccc1C(F)(F)F. The van der Waals surface area contributed by atoms with Gasteiger partial charge in [-0.05, 0) is 29.3 Å². The van der Waals surface area contributed by atoms with E-state index in [1.54, 1.807) is 0 Å². The van der Waals surface area contributed by atoms with Crippen molar-refractivity contribution in [3.8, 4) is 11.1 Å². The maximum absolute atomic E-state index is 12.7. The molecule has 0 unspecified atom stereocenters. The summed E-state index contributed by atoms with van der Waals surface area (Å²) in [6.45, 7) is 0. The monoisotopic (exact) mass is 335 g/mol. The largest absolute Gasteiger partial charge is 0.422 e. The molecule has 0 heterocycles. The van der Waals surface area contributed by atoms with Crippen molar-refractivity contribution in [1.82, 2.24) is 0 Å². The van der Waals surface area contributed by atoms with Crippen LogP contribution < -0.4 is 0 Å². The summed E-state index contributed by atoms with van der Waals surface area (Å²) in [6.07, 6.45) is -9.45. The average Bonchev–Trinajstić information content (AvgIpc) is 2.45. The number of nitro benzene ring substituents is 1. The van der Waals surface area contributed by atoms with Crippen LogP contribution in [0, 0.1) is 10.1 Å². The predicted octanol–water partition coefficient (Wildman–Crippen LogP) is 5.30. The average molecular weight is 335 g/mol. The van der Waals surface area contributed by atoms with E-state index in [4.69, 9.17) is 0 Å². The molecule has 2 rings (SSSR count). The fourth-order valence-electron chi connectivity index (χ4n) is 1.95. The minimum atomic E-state index is -4.90. The topological polar surface area (TPSA) is 43.1 Å². The molecule has 122 valence electrons. The van der Waals surface area contributed by atoms with Crippen molar-refractivity contribution in [3.63, 3.8) is 0 Å². The number of rotatable bonds is 2. The van der Waals surface area contributed by atoms with E-state index in [1.807, 2.05) is 0 Å². The van der Waals surface area contributed by atoms with Gasteiger partial charge in [0.05, 0.1) is 10.5 Å². The lowest BCUT2D eigenvalue weighted by Gasteiger charge is -2.10. The quantitative estimate of drug-likeness (QED) is 0.425. The number of halogens is 6. The van der Waals surface area contributed by atoms with E-state index in [0.717, 1.165) is 30.3 Å². The number of hydrogen-bond acceptors (Lipinski definition) is 2. The van der Waals surface area contributed by atoms with Crippen LogP contribution in [-0.2, 0) is 12.4 Å². The van der Waals surface area contributed by atoms with Crippen LogP contribution in [0.1, 0.15) is 11.1 Å². The van der Waals surface area contributed by atoms with Gasteiger partial charge in [0.15, 0.2) is 0 Å². The highest BCUT2D eigenvalue weighted by molar-refractivity contribution is 5.68. The molecular weight excluding hydrogens is 328 g/mol. The van der Waals surface area contributed by atoms with Crippen LogP contribution in [0.5, 0.6) is 0 Å². The lowest BCUT2D eigenvalue weighted by atomic mass is 10.0. The molecule has 0 saturated carbocycles. The third-order valence-corrected chi connectivity index (χ3v) is 3.05. The van der Waals surface area contributed by atoms with Gasteiger partial charge in [0, 0.05) is 6.07 Å². The van der Waals surface area contributed by atoms with Crippen molar-refractivity contribution in [1.29, 1.82) is 0 Å². The summed E-state index contributed by atoms with van der Waals surface area (Å²) < 4.78 is 75.5. The Morgan fingerprint density at radius 3 is 1.74 bits per heavy atom. The molecule has 0 aromatic heterocycles. The summed E-state index contributed by atoms with van der Waals surface area (Å²) in [5.41, 5.74) is -3.36. The molecule has 0 fully saturated rings. The van der Waals surface area contributed by atoms with E-state index in [9.17, 15) is 36.5 Å². The van der Waals surface area contributed by atoms with E-state index in [0.29, 0.717) is 12.1 Å². The van der Waals surface area contributed by atoms with Crippen molar-refractivity contribution in [2.45, 2.75) is 12.4 Å². The standard InChI is InChI=1S/C14H7F6NO2/c15-13(16,17)10-4-1-8(2-5-10)9-3-6-11(14(18,19)20)12(7-9)21(22)23/h1-7H. The molecule has 0 aliphatic heterocycles. The number of nitrogens with zero attached hydrogens (tertiary/aromatic N) is 1. The minimum absolute atomic E-state index is 0.0124. The van der Waals surface area contributed by atoms with E-state index in [1.165, 1.54) is 0 Å². The Morgan fingerprint density at radius 1 is 0.783 bits per heavy atom. The molecule has 0 bridgehead atoms. The highest BCUT2D eigenvalue weighted by Gasteiger charge is 2.38. The number of alkyl halides is 6. The van der Waals surface area contributed by atoms with Crippen molar-refractivity contribution in [3.05, 3.63) is 63.7 Å². The maximum atomic E-state index is 12.7. The molecular formula is C14H7F6NO2. The molecule has 23 heavy (non-hydrogen) atoms. The Morgan fingerprint density at radius 2 is 1.30 bits per heavy atom. The molecule has 0 atom stereocenters.